The van der Waals surface area contributed by atoms with Gasteiger partial charge in [-0.15, -0.1) is 12.3 Å². The molecule has 0 aliphatic carbocycles. The molecule has 1 nitrogen and oxygen atoms in total. The highest BCUT2D eigenvalue weighted by atomic mass is 28.3. The van der Waals surface area contributed by atoms with E-state index in [0.29, 0.717) is 5.67 Å². The molecule has 19 heavy (non-hydrogen) atoms. The molecule has 0 aromatic heterocycles. The maximum atomic E-state index is 4.04. The fourth-order valence-corrected chi connectivity index (χ4v) is 10.5. The predicted molar refractivity (Wildman–Crippen MR) is 96.2 cm³/mol. The Morgan fingerprint density at radius 3 is 1.53 bits per heavy atom. The van der Waals surface area contributed by atoms with Gasteiger partial charge in [0.05, 0.1) is 16.1 Å². The molecular weight excluding hydrogens is 262 g/mol. The van der Waals surface area contributed by atoms with Crippen LogP contribution in [0.25, 0.3) is 0 Å². The Morgan fingerprint density at radius 2 is 1.26 bits per heavy atom. The number of hydrogen-bond donors (Lipinski definition) is 1. The average molecular weight is 300 g/mol. The van der Waals surface area contributed by atoms with E-state index < -0.39 is 16.1 Å². The summed E-state index contributed by atoms with van der Waals surface area (Å²) >= 11 is 0. The molecule has 0 bridgehead atoms. The van der Waals surface area contributed by atoms with E-state index in [9.17, 15) is 0 Å². The zero-order valence-electron chi connectivity index (χ0n) is 14.8. The van der Waals surface area contributed by atoms with E-state index in [1.54, 1.807) is 0 Å². The van der Waals surface area contributed by atoms with Crippen molar-refractivity contribution in [2.75, 3.05) is 6.17 Å². The van der Waals surface area contributed by atoms with Gasteiger partial charge in [-0.25, -0.2) is 0 Å². The Hall–Kier alpha value is 0.134. The second-order valence-electron chi connectivity index (χ2n) is 7.70. The lowest BCUT2D eigenvalue weighted by Crippen LogP contribution is -2.58. The fourth-order valence-electron chi connectivity index (χ4n) is 3.38. The van der Waals surface area contributed by atoms with E-state index in [4.69, 9.17) is 0 Å². The third-order valence-electron chi connectivity index (χ3n) is 5.58. The number of nitrogens with one attached hydrogen (secondary N) is 1. The zero-order chi connectivity index (χ0) is 15.4. The molecule has 1 unspecified atom stereocenters. The van der Waals surface area contributed by atoms with Gasteiger partial charge in [-0.2, -0.15) is 0 Å². The van der Waals surface area contributed by atoms with Crippen LogP contribution in [-0.2, 0) is 0 Å². The van der Waals surface area contributed by atoms with E-state index in [2.05, 4.69) is 79.2 Å². The lowest BCUT2D eigenvalue weighted by molar-refractivity contribution is 0.688. The first-order valence-electron chi connectivity index (χ1n) is 7.89. The van der Waals surface area contributed by atoms with E-state index in [-0.39, 0.29) is 0 Å². The largest absolute Gasteiger partial charge is 0.319 e. The SMILES string of the molecule is C=C[Si](C)(C)C(C)NC[Si](C(C)C)(C(C)C)C(C)C. The Bertz CT molecular complexity index is 261. The van der Waals surface area contributed by atoms with Gasteiger partial charge in [-0.3, -0.25) is 0 Å². The molecule has 0 radical (unpaired) electrons. The molecule has 0 saturated carbocycles. The van der Waals surface area contributed by atoms with Gasteiger partial charge in [-0.1, -0.05) is 61.6 Å². The highest BCUT2D eigenvalue weighted by molar-refractivity contribution is 6.85. The summed E-state index contributed by atoms with van der Waals surface area (Å²) in [5, 5.41) is 3.91. The summed E-state index contributed by atoms with van der Waals surface area (Å²) < 4.78 is 0. The second kappa shape index (κ2) is 7.23. The van der Waals surface area contributed by atoms with Crippen LogP contribution in [0.4, 0.5) is 0 Å². The smallest absolute Gasteiger partial charge is 0.0886 e. The van der Waals surface area contributed by atoms with E-state index >= 15 is 0 Å². The van der Waals surface area contributed by atoms with Crippen LogP contribution in [0.1, 0.15) is 48.5 Å². The molecular formula is C16H37NSi2. The van der Waals surface area contributed by atoms with Gasteiger partial charge < -0.3 is 5.32 Å². The zero-order valence-corrected chi connectivity index (χ0v) is 16.8. The lowest BCUT2D eigenvalue weighted by atomic mass is 10.5. The van der Waals surface area contributed by atoms with Crippen molar-refractivity contribution in [1.82, 2.24) is 5.32 Å². The van der Waals surface area contributed by atoms with Gasteiger partial charge >= 0.3 is 0 Å². The number of rotatable bonds is 8. The van der Waals surface area contributed by atoms with E-state index in [1.165, 1.54) is 6.17 Å². The molecule has 0 saturated heterocycles. The first kappa shape index (κ1) is 19.1. The third kappa shape index (κ3) is 4.30. The lowest BCUT2D eigenvalue weighted by Gasteiger charge is -2.45. The van der Waals surface area contributed by atoms with Crippen LogP contribution in [-0.4, -0.2) is 28.0 Å². The average Bonchev–Trinajstić information content (AvgIpc) is 2.27. The maximum absolute atomic E-state index is 4.04. The van der Waals surface area contributed by atoms with Gasteiger partial charge in [0.2, 0.25) is 0 Å². The molecule has 0 spiro atoms. The van der Waals surface area contributed by atoms with Crippen LogP contribution >= 0.6 is 0 Å². The summed E-state index contributed by atoms with van der Waals surface area (Å²) in [4.78, 5) is 0. The summed E-state index contributed by atoms with van der Waals surface area (Å²) in [7, 11) is -2.61. The fraction of sp³-hybridized carbons (Fsp3) is 0.875. The van der Waals surface area contributed by atoms with Gasteiger partial charge in [-0.05, 0) is 22.8 Å². The van der Waals surface area contributed by atoms with Crippen molar-refractivity contribution in [2.45, 2.75) is 83.8 Å². The Balaban J connectivity index is 5.01. The Morgan fingerprint density at radius 1 is 0.895 bits per heavy atom. The number of hydrogen-bond acceptors (Lipinski definition) is 1. The molecule has 114 valence electrons. The van der Waals surface area contributed by atoms with Gasteiger partial charge in [0.25, 0.3) is 0 Å². The summed E-state index contributed by atoms with van der Waals surface area (Å²) in [6.45, 7) is 25.8. The minimum atomic E-state index is -1.31. The maximum Gasteiger partial charge on any atom is 0.0886 e. The first-order valence-corrected chi connectivity index (χ1v) is 13.5. The Kier molecular flexibility index (Phi) is 7.28. The molecule has 0 rings (SSSR count). The van der Waals surface area contributed by atoms with E-state index in [0.717, 1.165) is 16.6 Å². The van der Waals surface area contributed by atoms with Crippen LogP contribution in [0, 0.1) is 0 Å². The van der Waals surface area contributed by atoms with Crippen LogP contribution in [0.3, 0.4) is 0 Å². The highest BCUT2D eigenvalue weighted by Gasteiger charge is 2.43. The van der Waals surface area contributed by atoms with Crippen molar-refractivity contribution in [2.24, 2.45) is 0 Å². The Labute approximate surface area is 124 Å². The molecule has 0 aromatic carbocycles. The van der Waals surface area contributed by atoms with Gasteiger partial charge in [0.1, 0.15) is 0 Å². The summed E-state index contributed by atoms with van der Waals surface area (Å²) in [5.74, 6) is 0. The van der Waals surface area contributed by atoms with E-state index in [1.807, 2.05) is 0 Å². The van der Waals surface area contributed by atoms with Crippen LogP contribution < -0.4 is 5.32 Å². The molecule has 0 heterocycles. The third-order valence-corrected chi connectivity index (χ3v) is 16.3. The minimum Gasteiger partial charge on any atom is -0.319 e. The van der Waals surface area contributed by atoms with Crippen molar-refractivity contribution >= 4 is 16.1 Å². The van der Waals surface area contributed by atoms with Crippen molar-refractivity contribution in [3.8, 4) is 0 Å². The molecule has 0 aromatic rings. The van der Waals surface area contributed by atoms with Crippen molar-refractivity contribution in [3.05, 3.63) is 12.3 Å². The summed E-state index contributed by atoms with van der Waals surface area (Å²) in [6, 6.07) is 0. The van der Waals surface area contributed by atoms with Crippen molar-refractivity contribution in [1.29, 1.82) is 0 Å². The van der Waals surface area contributed by atoms with Gasteiger partial charge in [0.15, 0.2) is 0 Å². The predicted octanol–water partition coefficient (Wildman–Crippen LogP) is 5.16. The van der Waals surface area contributed by atoms with Crippen molar-refractivity contribution < 1.29 is 0 Å². The van der Waals surface area contributed by atoms with Crippen LogP contribution in [0.15, 0.2) is 12.3 Å². The standard InChI is InChI=1S/C16H37NSi2/c1-11-18(9,10)16(8)17-12-19(13(2)3,14(4)5)15(6)7/h11,13-17H,1,12H2,2-10H3. The normalized spacial score (nSPS) is 15.4. The van der Waals surface area contributed by atoms with Crippen LogP contribution in [0.5, 0.6) is 0 Å². The monoisotopic (exact) mass is 299 g/mol. The first-order chi connectivity index (χ1) is 8.52. The summed E-state index contributed by atoms with van der Waals surface area (Å²) in [6.07, 6.45) is 1.26. The highest BCUT2D eigenvalue weighted by Crippen LogP contribution is 2.40. The molecule has 0 aliphatic heterocycles. The minimum absolute atomic E-state index is 0.619. The molecule has 3 heteroatoms. The molecule has 1 atom stereocenters. The second-order valence-corrected chi connectivity index (χ2v) is 18.7. The molecule has 0 fully saturated rings. The van der Waals surface area contributed by atoms with Crippen LogP contribution in [0.2, 0.25) is 29.7 Å². The topological polar surface area (TPSA) is 12.0 Å². The summed E-state index contributed by atoms with van der Waals surface area (Å²) in [5.41, 5.74) is 5.34. The van der Waals surface area contributed by atoms with Gasteiger partial charge in [0, 0.05) is 5.67 Å². The quantitative estimate of drug-likeness (QED) is 0.611. The molecule has 1 N–H and O–H groups in total. The molecule has 0 aliphatic rings. The van der Waals surface area contributed by atoms with Crippen molar-refractivity contribution in [3.63, 3.8) is 0 Å². The molecule has 0 amide bonds.